The second kappa shape index (κ2) is 5.93. The van der Waals surface area contributed by atoms with Crippen LogP contribution in [0.1, 0.15) is 24.6 Å². The van der Waals surface area contributed by atoms with Gasteiger partial charge in [-0.1, -0.05) is 6.92 Å². The van der Waals surface area contributed by atoms with E-state index < -0.39 is 0 Å². The molecule has 1 saturated heterocycles. The van der Waals surface area contributed by atoms with Crippen LogP contribution in [-0.2, 0) is 4.74 Å². The van der Waals surface area contributed by atoms with E-state index in [-0.39, 0.29) is 6.10 Å². The van der Waals surface area contributed by atoms with Crippen molar-refractivity contribution in [1.29, 1.82) is 0 Å². The Balaban J connectivity index is 1.93. The first kappa shape index (κ1) is 13.6. The molecule has 6 heteroatoms. The highest BCUT2D eigenvalue weighted by molar-refractivity contribution is 7.18. The molecule has 2 aromatic rings. The number of nitrogens with zero attached hydrogens (tertiary/aromatic N) is 2. The summed E-state index contributed by atoms with van der Waals surface area (Å²) in [6.45, 7) is 6.47. The Morgan fingerprint density at radius 1 is 1.50 bits per heavy atom. The fourth-order valence-electron chi connectivity index (χ4n) is 2.19. The molecule has 1 N–H and O–H groups in total. The summed E-state index contributed by atoms with van der Waals surface area (Å²) >= 11 is 1.67. The van der Waals surface area contributed by atoms with Gasteiger partial charge in [-0.05, 0) is 19.4 Å². The maximum absolute atomic E-state index is 6.01. The number of hydrogen-bond acceptors (Lipinski definition) is 6. The largest absolute Gasteiger partial charge is 0.471 e. The molecule has 0 aromatic carbocycles. The van der Waals surface area contributed by atoms with Gasteiger partial charge < -0.3 is 14.8 Å². The van der Waals surface area contributed by atoms with Crippen molar-refractivity contribution >= 4 is 27.5 Å². The summed E-state index contributed by atoms with van der Waals surface area (Å²) in [6.07, 6.45) is 2.07. The Morgan fingerprint density at radius 2 is 2.40 bits per heavy atom. The Labute approximate surface area is 122 Å². The third-order valence-corrected chi connectivity index (χ3v) is 4.12. The van der Waals surface area contributed by atoms with Crippen molar-refractivity contribution in [2.24, 2.45) is 0 Å². The number of anilines is 1. The van der Waals surface area contributed by atoms with Crippen LogP contribution < -0.4 is 10.1 Å². The van der Waals surface area contributed by atoms with Gasteiger partial charge in [-0.25, -0.2) is 4.98 Å². The van der Waals surface area contributed by atoms with Gasteiger partial charge in [-0.3, -0.25) is 0 Å². The first-order chi connectivity index (χ1) is 9.76. The smallest absolute Gasteiger partial charge is 0.227 e. The lowest BCUT2D eigenvalue weighted by Crippen LogP contribution is -2.17. The van der Waals surface area contributed by atoms with Crippen LogP contribution in [0.4, 0.5) is 5.95 Å². The van der Waals surface area contributed by atoms with Gasteiger partial charge in [0.05, 0.1) is 18.6 Å². The number of thiophene rings is 1. The third kappa shape index (κ3) is 2.86. The molecule has 5 nitrogen and oxygen atoms in total. The van der Waals surface area contributed by atoms with Crippen molar-refractivity contribution < 1.29 is 9.47 Å². The number of aryl methyl sites for hydroxylation is 1. The number of rotatable bonds is 5. The topological polar surface area (TPSA) is 56.3 Å². The Bertz CT molecular complexity index is 593. The maximum Gasteiger partial charge on any atom is 0.227 e. The quantitative estimate of drug-likeness (QED) is 0.918. The van der Waals surface area contributed by atoms with Crippen molar-refractivity contribution in [3.63, 3.8) is 0 Å². The van der Waals surface area contributed by atoms with Gasteiger partial charge in [0, 0.05) is 17.8 Å². The molecule has 1 unspecified atom stereocenters. The van der Waals surface area contributed by atoms with Gasteiger partial charge in [0.2, 0.25) is 11.8 Å². The minimum atomic E-state index is 0.104. The number of fused-ring (bicyclic) bond motifs is 1. The van der Waals surface area contributed by atoms with Crippen LogP contribution in [-0.4, -0.2) is 35.8 Å². The molecule has 108 valence electrons. The van der Waals surface area contributed by atoms with Crippen LogP contribution in [0.25, 0.3) is 10.2 Å². The van der Waals surface area contributed by atoms with Crippen LogP contribution in [0.15, 0.2) is 6.07 Å². The van der Waals surface area contributed by atoms with Gasteiger partial charge in [0.15, 0.2) is 0 Å². The molecule has 1 atom stereocenters. The van der Waals surface area contributed by atoms with E-state index in [0.717, 1.165) is 36.2 Å². The molecule has 0 radical (unpaired) electrons. The van der Waals surface area contributed by atoms with Crippen molar-refractivity contribution in [3.8, 4) is 5.88 Å². The predicted octanol–water partition coefficient (Wildman–Crippen LogP) is 2.99. The molecular weight excluding hydrogens is 274 g/mol. The zero-order valence-electron chi connectivity index (χ0n) is 11.8. The molecule has 1 aliphatic rings. The monoisotopic (exact) mass is 293 g/mol. The predicted molar refractivity (Wildman–Crippen MR) is 80.8 cm³/mol. The van der Waals surface area contributed by atoms with Gasteiger partial charge in [0.1, 0.15) is 10.9 Å². The molecule has 0 saturated carbocycles. The molecule has 3 rings (SSSR count). The van der Waals surface area contributed by atoms with Crippen molar-refractivity contribution in [2.75, 3.05) is 25.1 Å². The molecule has 0 amide bonds. The number of ether oxygens (including phenoxy) is 2. The van der Waals surface area contributed by atoms with E-state index in [0.29, 0.717) is 18.4 Å². The molecule has 0 bridgehead atoms. The van der Waals surface area contributed by atoms with Crippen LogP contribution in [0, 0.1) is 6.92 Å². The Kier molecular flexibility index (Phi) is 4.03. The number of hydrogen-bond donors (Lipinski definition) is 1. The zero-order valence-corrected chi connectivity index (χ0v) is 12.6. The van der Waals surface area contributed by atoms with Crippen LogP contribution >= 0.6 is 11.3 Å². The number of nitrogens with one attached hydrogen (secondary N) is 1. The minimum Gasteiger partial charge on any atom is -0.471 e. The average Bonchev–Trinajstić information content (AvgIpc) is 3.05. The first-order valence-electron chi connectivity index (χ1n) is 7.02. The van der Waals surface area contributed by atoms with Crippen molar-refractivity contribution in [3.05, 3.63) is 10.9 Å². The standard InChI is InChI=1S/C14H19N3O2S/c1-3-5-15-14-16-12(19-10-4-6-18-8-10)11-7-9(2)20-13(11)17-14/h7,10H,3-6,8H2,1-2H3,(H,15,16,17). The highest BCUT2D eigenvalue weighted by Crippen LogP contribution is 2.32. The summed E-state index contributed by atoms with van der Waals surface area (Å²) in [5.74, 6) is 1.32. The summed E-state index contributed by atoms with van der Waals surface area (Å²) in [5.41, 5.74) is 0. The van der Waals surface area contributed by atoms with Gasteiger partial charge in [-0.2, -0.15) is 4.98 Å². The second-order valence-electron chi connectivity index (χ2n) is 4.96. The summed E-state index contributed by atoms with van der Waals surface area (Å²) in [6, 6.07) is 2.09. The van der Waals surface area contributed by atoms with Crippen LogP contribution in [0.3, 0.4) is 0 Å². The molecule has 0 spiro atoms. The van der Waals surface area contributed by atoms with E-state index in [1.165, 1.54) is 4.88 Å². The normalized spacial score (nSPS) is 18.6. The molecule has 20 heavy (non-hydrogen) atoms. The summed E-state index contributed by atoms with van der Waals surface area (Å²) in [7, 11) is 0. The van der Waals surface area contributed by atoms with E-state index in [1.807, 2.05) is 0 Å². The van der Waals surface area contributed by atoms with Gasteiger partial charge in [-0.15, -0.1) is 11.3 Å². The van der Waals surface area contributed by atoms with E-state index in [4.69, 9.17) is 9.47 Å². The summed E-state index contributed by atoms with van der Waals surface area (Å²) < 4.78 is 11.4. The SMILES string of the molecule is CCCNc1nc(OC2CCOC2)c2cc(C)sc2n1. The first-order valence-corrected chi connectivity index (χ1v) is 7.84. The maximum atomic E-state index is 6.01. The van der Waals surface area contributed by atoms with E-state index in [2.05, 4.69) is 35.2 Å². The minimum absolute atomic E-state index is 0.104. The summed E-state index contributed by atoms with van der Waals surface area (Å²) in [5, 5.41) is 4.24. The van der Waals surface area contributed by atoms with Crippen molar-refractivity contribution in [1.82, 2.24) is 9.97 Å². The molecule has 0 aliphatic carbocycles. The lowest BCUT2D eigenvalue weighted by molar-refractivity contribution is 0.139. The third-order valence-electron chi connectivity index (χ3n) is 3.18. The van der Waals surface area contributed by atoms with E-state index >= 15 is 0 Å². The summed E-state index contributed by atoms with van der Waals surface area (Å²) in [4.78, 5) is 11.3. The van der Waals surface area contributed by atoms with Crippen molar-refractivity contribution in [2.45, 2.75) is 32.8 Å². The molecule has 3 heterocycles. The highest BCUT2D eigenvalue weighted by Gasteiger charge is 2.20. The highest BCUT2D eigenvalue weighted by atomic mass is 32.1. The second-order valence-corrected chi connectivity index (χ2v) is 6.19. The average molecular weight is 293 g/mol. The zero-order chi connectivity index (χ0) is 13.9. The Hall–Kier alpha value is -1.40. The van der Waals surface area contributed by atoms with E-state index in [9.17, 15) is 0 Å². The van der Waals surface area contributed by atoms with Gasteiger partial charge in [0.25, 0.3) is 0 Å². The molecular formula is C14H19N3O2S. The molecule has 2 aromatic heterocycles. The lowest BCUT2D eigenvalue weighted by atomic mass is 10.3. The number of aromatic nitrogens is 2. The van der Waals surface area contributed by atoms with Crippen LogP contribution in [0.5, 0.6) is 5.88 Å². The molecule has 1 fully saturated rings. The molecule has 1 aliphatic heterocycles. The van der Waals surface area contributed by atoms with Gasteiger partial charge >= 0.3 is 0 Å². The lowest BCUT2D eigenvalue weighted by Gasteiger charge is -2.13. The Morgan fingerprint density at radius 3 is 3.15 bits per heavy atom. The van der Waals surface area contributed by atoms with Crippen LogP contribution in [0.2, 0.25) is 0 Å². The fraction of sp³-hybridized carbons (Fsp3) is 0.571. The fourth-order valence-corrected chi connectivity index (χ4v) is 3.06. The van der Waals surface area contributed by atoms with E-state index in [1.54, 1.807) is 11.3 Å².